The van der Waals surface area contributed by atoms with Crippen molar-refractivity contribution in [2.45, 2.75) is 0 Å². The molecule has 0 atom stereocenters. The van der Waals surface area contributed by atoms with E-state index < -0.39 is 0 Å². The van der Waals surface area contributed by atoms with Crippen molar-refractivity contribution in [3.05, 3.63) is 29.3 Å². The van der Waals surface area contributed by atoms with Crippen molar-refractivity contribution >= 4 is 12.4 Å². The van der Waals surface area contributed by atoms with Crippen LogP contribution >= 0.6 is 0 Å². The third kappa shape index (κ3) is 1.27. The van der Waals surface area contributed by atoms with E-state index in [0.29, 0.717) is 23.7 Å². The SMILES string of the molecule is COc1ccc(C=O)c2c1OCC=C2. The quantitative estimate of drug-likeness (QED) is 0.668. The first kappa shape index (κ1) is 8.81. The molecule has 3 nitrogen and oxygen atoms in total. The van der Waals surface area contributed by atoms with Gasteiger partial charge in [0.15, 0.2) is 17.8 Å². The van der Waals surface area contributed by atoms with Crippen molar-refractivity contribution < 1.29 is 14.3 Å². The molecule has 72 valence electrons. The smallest absolute Gasteiger partial charge is 0.169 e. The van der Waals surface area contributed by atoms with E-state index in [9.17, 15) is 4.79 Å². The maximum Gasteiger partial charge on any atom is 0.169 e. The van der Waals surface area contributed by atoms with Gasteiger partial charge in [0.25, 0.3) is 0 Å². The fourth-order valence-electron chi connectivity index (χ4n) is 1.48. The largest absolute Gasteiger partial charge is 0.493 e. The Morgan fingerprint density at radius 2 is 2.36 bits per heavy atom. The van der Waals surface area contributed by atoms with Crippen LogP contribution in [-0.4, -0.2) is 20.0 Å². The average molecular weight is 190 g/mol. The molecule has 0 aliphatic carbocycles. The summed E-state index contributed by atoms with van der Waals surface area (Å²) < 4.78 is 10.6. The first-order chi connectivity index (χ1) is 6.86. The predicted octanol–water partition coefficient (Wildman–Crippen LogP) is 1.91. The third-order valence-corrected chi connectivity index (χ3v) is 2.15. The number of rotatable bonds is 2. The van der Waals surface area contributed by atoms with Gasteiger partial charge in [-0.1, -0.05) is 6.08 Å². The minimum atomic E-state index is 0.520. The Bertz CT molecular complexity index is 394. The zero-order valence-corrected chi connectivity index (χ0v) is 7.82. The molecule has 0 unspecified atom stereocenters. The highest BCUT2D eigenvalue weighted by Crippen LogP contribution is 2.35. The molecule has 0 spiro atoms. The van der Waals surface area contributed by atoms with Crippen molar-refractivity contribution in [2.75, 3.05) is 13.7 Å². The first-order valence-electron chi connectivity index (χ1n) is 4.32. The lowest BCUT2D eigenvalue weighted by Crippen LogP contribution is -2.04. The number of benzene rings is 1. The summed E-state index contributed by atoms with van der Waals surface area (Å²) in [6, 6.07) is 3.46. The number of carbonyl (C=O) groups excluding carboxylic acids is 1. The minimum Gasteiger partial charge on any atom is -0.493 e. The van der Waals surface area contributed by atoms with Gasteiger partial charge in [-0.25, -0.2) is 0 Å². The van der Waals surface area contributed by atoms with Crippen LogP contribution in [0.15, 0.2) is 18.2 Å². The van der Waals surface area contributed by atoms with Crippen LogP contribution in [0.2, 0.25) is 0 Å². The Kier molecular flexibility index (Phi) is 2.23. The molecule has 0 aromatic heterocycles. The van der Waals surface area contributed by atoms with Crippen molar-refractivity contribution in [3.63, 3.8) is 0 Å². The molecule has 0 saturated heterocycles. The minimum absolute atomic E-state index is 0.520. The maximum atomic E-state index is 10.7. The Labute approximate surface area is 81.9 Å². The number of hydrogen-bond donors (Lipinski definition) is 0. The van der Waals surface area contributed by atoms with Crippen LogP contribution in [-0.2, 0) is 0 Å². The number of methoxy groups -OCH3 is 1. The van der Waals surface area contributed by atoms with E-state index in [4.69, 9.17) is 9.47 Å². The molecule has 0 N–H and O–H groups in total. The molecule has 0 fully saturated rings. The van der Waals surface area contributed by atoms with E-state index in [1.54, 1.807) is 19.2 Å². The Hall–Kier alpha value is -1.77. The average Bonchev–Trinajstić information content (AvgIpc) is 2.27. The van der Waals surface area contributed by atoms with Crippen molar-refractivity contribution in [3.8, 4) is 11.5 Å². The molecule has 0 amide bonds. The lowest BCUT2D eigenvalue weighted by molar-refractivity contribution is 0.112. The highest BCUT2D eigenvalue weighted by atomic mass is 16.5. The van der Waals surface area contributed by atoms with E-state index in [2.05, 4.69) is 0 Å². The molecular weight excluding hydrogens is 180 g/mol. The van der Waals surface area contributed by atoms with Gasteiger partial charge in [-0.15, -0.1) is 0 Å². The lowest BCUT2D eigenvalue weighted by atomic mass is 10.0. The highest BCUT2D eigenvalue weighted by molar-refractivity contribution is 5.85. The summed E-state index contributed by atoms with van der Waals surface area (Å²) in [7, 11) is 1.58. The second kappa shape index (κ2) is 3.54. The Morgan fingerprint density at radius 3 is 3.07 bits per heavy atom. The number of hydrogen-bond acceptors (Lipinski definition) is 3. The van der Waals surface area contributed by atoms with Gasteiger partial charge in [-0.2, -0.15) is 0 Å². The molecule has 1 aromatic carbocycles. The maximum absolute atomic E-state index is 10.7. The summed E-state index contributed by atoms with van der Waals surface area (Å²) in [4.78, 5) is 10.7. The van der Waals surface area contributed by atoms with Gasteiger partial charge < -0.3 is 9.47 Å². The third-order valence-electron chi connectivity index (χ3n) is 2.15. The second-order valence-electron chi connectivity index (χ2n) is 2.93. The normalized spacial score (nSPS) is 12.9. The van der Waals surface area contributed by atoms with Gasteiger partial charge >= 0.3 is 0 Å². The van der Waals surface area contributed by atoms with Gasteiger partial charge in [-0.05, 0) is 18.2 Å². The van der Waals surface area contributed by atoms with Crippen molar-refractivity contribution in [2.24, 2.45) is 0 Å². The van der Waals surface area contributed by atoms with Gasteiger partial charge in [0.1, 0.15) is 6.61 Å². The fraction of sp³-hybridized carbons (Fsp3) is 0.182. The van der Waals surface area contributed by atoms with Crippen molar-refractivity contribution in [1.29, 1.82) is 0 Å². The first-order valence-corrected chi connectivity index (χ1v) is 4.32. The van der Waals surface area contributed by atoms with Crippen LogP contribution < -0.4 is 9.47 Å². The summed E-state index contributed by atoms with van der Waals surface area (Å²) >= 11 is 0. The van der Waals surface area contributed by atoms with Crippen LogP contribution in [0.3, 0.4) is 0 Å². The van der Waals surface area contributed by atoms with E-state index >= 15 is 0 Å². The number of aldehydes is 1. The van der Waals surface area contributed by atoms with E-state index in [-0.39, 0.29) is 0 Å². The van der Waals surface area contributed by atoms with Gasteiger partial charge in [0, 0.05) is 11.1 Å². The van der Waals surface area contributed by atoms with Gasteiger partial charge in [-0.3, -0.25) is 4.79 Å². The summed E-state index contributed by atoms with van der Waals surface area (Å²) in [6.45, 7) is 0.520. The van der Waals surface area contributed by atoms with E-state index in [1.165, 1.54) is 0 Å². The molecular formula is C11H10O3. The Morgan fingerprint density at radius 1 is 1.50 bits per heavy atom. The molecule has 14 heavy (non-hydrogen) atoms. The second-order valence-corrected chi connectivity index (χ2v) is 2.93. The van der Waals surface area contributed by atoms with E-state index in [1.807, 2.05) is 12.2 Å². The highest BCUT2D eigenvalue weighted by Gasteiger charge is 2.15. The molecule has 1 aromatic rings. The monoisotopic (exact) mass is 190 g/mol. The van der Waals surface area contributed by atoms with Gasteiger partial charge in [0.2, 0.25) is 0 Å². The molecule has 0 radical (unpaired) electrons. The summed E-state index contributed by atoms with van der Waals surface area (Å²) in [5, 5.41) is 0. The Balaban J connectivity index is 2.63. The topological polar surface area (TPSA) is 35.5 Å². The molecule has 1 heterocycles. The number of fused-ring (bicyclic) bond motifs is 1. The lowest BCUT2D eigenvalue weighted by Gasteiger charge is -2.16. The van der Waals surface area contributed by atoms with E-state index in [0.717, 1.165) is 11.8 Å². The predicted molar refractivity (Wildman–Crippen MR) is 52.9 cm³/mol. The summed E-state index contributed by atoms with van der Waals surface area (Å²) in [5.41, 5.74) is 1.42. The van der Waals surface area contributed by atoms with Crippen molar-refractivity contribution in [1.82, 2.24) is 0 Å². The zero-order valence-electron chi connectivity index (χ0n) is 7.82. The number of ether oxygens (including phenoxy) is 2. The van der Waals surface area contributed by atoms with Crippen LogP contribution in [0, 0.1) is 0 Å². The summed E-state index contributed by atoms with van der Waals surface area (Å²) in [6.07, 6.45) is 4.57. The molecule has 3 heteroatoms. The van der Waals surface area contributed by atoms with Gasteiger partial charge in [0.05, 0.1) is 7.11 Å². The number of carbonyl (C=O) groups is 1. The molecule has 1 aliphatic rings. The van der Waals surface area contributed by atoms with Crippen LogP contribution in [0.5, 0.6) is 11.5 Å². The fourth-order valence-corrected chi connectivity index (χ4v) is 1.48. The summed E-state index contributed by atoms with van der Waals surface area (Å²) in [5.74, 6) is 1.31. The van der Waals surface area contributed by atoms with Crippen LogP contribution in [0.25, 0.3) is 6.08 Å². The molecule has 1 aliphatic heterocycles. The van der Waals surface area contributed by atoms with Crippen LogP contribution in [0.1, 0.15) is 15.9 Å². The molecule has 0 saturated carbocycles. The van der Waals surface area contributed by atoms with Crippen LogP contribution in [0.4, 0.5) is 0 Å². The zero-order chi connectivity index (χ0) is 9.97. The molecule has 2 rings (SSSR count). The molecule has 0 bridgehead atoms. The standard InChI is InChI=1S/C11H10O3/c1-13-10-5-4-8(7-12)9-3-2-6-14-11(9)10/h2-5,7H,6H2,1H3.